The average Bonchev–Trinajstić information content (AvgIpc) is 3.13. The van der Waals surface area contributed by atoms with Gasteiger partial charge in [-0.3, -0.25) is 4.99 Å². The van der Waals surface area contributed by atoms with Crippen molar-refractivity contribution >= 4 is 17.3 Å². The molecule has 0 amide bonds. The number of ether oxygens (including phenoxy) is 1. The van der Waals surface area contributed by atoms with E-state index in [0.29, 0.717) is 50.7 Å². The number of hydrogen-bond acceptors (Lipinski definition) is 3. The van der Waals surface area contributed by atoms with E-state index in [0.717, 1.165) is 6.07 Å². The zero-order valence-corrected chi connectivity index (χ0v) is 17.4. The van der Waals surface area contributed by atoms with Crippen LogP contribution in [-0.2, 0) is 22.9 Å². The van der Waals surface area contributed by atoms with Gasteiger partial charge in [0.15, 0.2) is 5.96 Å². The van der Waals surface area contributed by atoms with Crippen molar-refractivity contribution in [1.82, 2.24) is 10.6 Å². The Morgan fingerprint density at radius 2 is 1.93 bits per heavy atom. The van der Waals surface area contributed by atoms with Crippen LogP contribution in [0.25, 0.3) is 0 Å². The first-order valence-corrected chi connectivity index (χ1v) is 10.4. The summed E-state index contributed by atoms with van der Waals surface area (Å²) in [4.78, 5) is 6.71. The van der Waals surface area contributed by atoms with Gasteiger partial charge in [0.1, 0.15) is 0 Å². The van der Waals surface area contributed by atoms with Crippen LogP contribution in [-0.4, -0.2) is 32.8 Å². The second-order valence-corrected chi connectivity index (χ2v) is 8.64. The summed E-state index contributed by atoms with van der Waals surface area (Å²) in [6.45, 7) is 4.25. The number of aryl methyl sites for hydroxylation is 1. The normalized spacial score (nSPS) is 17.2. The van der Waals surface area contributed by atoms with Gasteiger partial charge in [-0.05, 0) is 43.5 Å². The molecule has 0 unspecified atom stereocenters. The molecular formula is C21H26F3N3OS. The molecule has 0 aliphatic carbocycles. The fourth-order valence-electron chi connectivity index (χ4n) is 3.58. The Morgan fingerprint density at radius 3 is 2.55 bits per heavy atom. The number of alkyl halides is 3. The van der Waals surface area contributed by atoms with Crippen LogP contribution < -0.4 is 10.6 Å². The number of aliphatic imine (C=N–C) groups is 1. The summed E-state index contributed by atoms with van der Waals surface area (Å²) in [5.41, 5.74) is -0.361. The summed E-state index contributed by atoms with van der Waals surface area (Å²) in [7, 11) is 1.69. The molecule has 2 N–H and O–H groups in total. The zero-order chi connectivity index (χ0) is 20.9. The summed E-state index contributed by atoms with van der Waals surface area (Å²) < 4.78 is 45.2. The van der Waals surface area contributed by atoms with Crippen LogP contribution in [0.1, 0.15) is 33.7 Å². The SMILES string of the molecule is CN=C(NCc1ccc(C)s1)NCC1(c2cccc(C(F)(F)F)c2)CCOCC1. The highest BCUT2D eigenvalue weighted by atomic mass is 32.1. The molecular weight excluding hydrogens is 399 g/mol. The van der Waals surface area contributed by atoms with Crippen molar-refractivity contribution in [3.63, 3.8) is 0 Å². The van der Waals surface area contributed by atoms with E-state index in [-0.39, 0.29) is 0 Å². The number of nitrogens with one attached hydrogen (secondary N) is 2. The Morgan fingerprint density at radius 1 is 1.17 bits per heavy atom. The number of rotatable bonds is 5. The van der Waals surface area contributed by atoms with Crippen LogP contribution in [0, 0.1) is 6.92 Å². The van der Waals surface area contributed by atoms with Crippen LogP contribution in [0.3, 0.4) is 0 Å². The van der Waals surface area contributed by atoms with Crippen molar-refractivity contribution in [2.45, 2.75) is 37.9 Å². The molecule has 29 heavy (non-hydrogen) atoms. The molecule has 2 aromatic rings. The molecule has 0 radical (unpaired) electrons. The average molecular weight is 426 g/mol. The zero-order valence-electron chi connectivity index (χ0n) is 16.6. The minimum atomic E-state index is -4.35. The Labute approximate surface area is 173 Å². The monoisotopic (exact) mass is 425 g/mol. The number of nitrogens with zero attached hydrogens (tertiary/aromatic N) is 1. The van der Waals surface area contributed by atoms with Crippen LogP contribution >= 0.6 is 11.3 Å². The number of benzene rings is 1. The number of guanidine groups is 1. The molecule has 1 aromatic heterocycles. The summed E-state index contributed by atoms with van der Waals surface area (Å²) >= 11 is 1.72. The fourth-order valence-corrected chi connectivity index (χ4v) is 4.41. The molecule has 0 bridgehead atoms. The first-order chi connectivity index (χ1) is 13.8. The lowest BCUT2D eigenvalue weighted by Gasteiger charge is -2.38. The van der Waals surface area contributed by atoms with Crippen LogP contribution in [0.5, 0.6) is 0 Å². The molecule has 4 nitrogen and oxygen atoms in total. The van der Waals surface area contributed by atoms with Gasteiger partial charge in [0.05, 0.1) is 12.1 Å². The molecule has 0 spiro atoms. The maximum atomic E-state index is 13.2. The summed E-state index contributed by atoms with van der Waals surface area (Å²) in [5, 5.41) is 6.60. The molecule has 3 rings (SSSR count). The molecule has 1 fully saturated rings. The predicted molar refractivity (Wildman–Crippen MR) is 110 cm³/mol. The second kappa shape index (κ2) is 9.17. The van der Waals surface area contributed by atoms with Gasteiger partial charge in [0, 0.05) is 42.0 Å². The summed E-state index contributed by atoms with van der Waals surface area (Å²) in [6.07, 6.45) is -3.04. The maximum Gasteiger partial charge on any atom is 0.416 e. The van der Waals surface area contributed by atoms with Crippen LogP contribution in [0.4, 0.5) is 13.2 Å². The van der Waals surface area contributed by atoms with E-state index in [1.165, 1.54) is 21.9 Å². The Kier molecular flexibility index (Phi) is 6.85. The highest BCUT2D eigenvalue weighted by molar-refractivity contribution is 7.11. The van der Waals surface area contributed by atoms with Crippen LogP contribution in [0.15, 0.2) is 41.4 Å². The van der Waals surface area contributed by atoms with E-state index in [1.807, 2.05) is 0 Å². The number of halogens is 3. The molecule has 8 heteroatoms. The largest absolute Gasteiger partial charge is 0.416 e. The summed E-state index contributed by atoms with van der Waals surface area (Å²) in [6, 6.07) is 9.81. The van der Waals surface area contributed by atoms with Crippen molar-refractivity contribution < 1.29 is 17.9 Å². The predicted octanol–water partition coefficient (Wildman–Crippen LogP) is 4.49. The highest BCUT2D eigenvalue weighted by Crippen LogP contribution is 2.37. The molecule has 1 aliphatic heterocycles. The van der Waals surface area contributed by atoms with Gasteiger partial charge in [0.2, 0.25) is 0 Å². The van der Waals surface area contributed by atoms with Crippen molar-refractivity contribution in [2.24, 2.45) is 4.99 Å². The number of hydrogen-bond donors (Lipinski definition) is 2. The Bertz CT molecular complexity index is 842. The van der Waals surface area contributed by atoms with E-state index in [4.69, 9.17) is 4.74 Å². The molecule has 2 heterocycles. The minimum Gasteiger partial charge on any atom is -0.381 e. The molecule has 1 aliphatic rings. The topological polar surface area (TPSA) is 45.7 Å². The van der Waals surface area contributed by atoms with Crippen molar-refractivity contribution in [3.05, 3.63) is 57.3 Å². The third kappa shape index (κ3) is 5.51. The third-order valence-electron chi connectivity index (χ3n) is 5.30. The van der Waals surface area contributed by atoms with E-state index < -0.39 is 17.2 Å². The van der Waals surface area contributed by atoms with E-state index in [2.05, 4.69) is 34.7 Å². The van der Waals surface area contributed by atoms with Gasteiger partial charge in [-0.1, -0.05) is 18.2 Å². The third-order valence-corrected chi connectivity index (χ3v) is 6.30. The smallest absolute Gasteiger partial charge is 0.381 e. The quantitative estimate of drug-likeness (QED) is 0.548. The summed E-state index contributed by atoms with van der Waals surface area (Å²) in [5.74, 6) is 0.633. The standard InChI is InChI=1S/C21H26F3N3OS/c1-15-6-7-18(29-15)13-26-19(25-2)27-14-20(8-10-28-11-9-20)16-4-3-5-17(12-16)21(22,23)24/h3-7,12H,8-11,13-14H2,1-2H3,(H2,25,26,27). The lowest BCUT2D eigenvalue weighted by Crippen LogP contribution is -2.48. The Hall–Kier alpha value is -2.06. The van der Waals surface area contributed by atoms with Gasteiger partial charge in [-0.2, -0.15) is 13.2 Å². The second-order valence-electron chi connectivity index (χ2n) is 7.26. The maximum absolute atomic E-state index is 13.2. The minimum absolute atomic E-state index is 0.434. The van der Waals surface area contributed by atoms with Crippen molar-refractivity contribution in [3.8, 4) is 0 Å². The lowest BCUT2D eigenvalue weighted by molar-refractivity contribution is -0.137. The first kappa shape index (κ1) is 21.6. The van der Waals surface area contributed by atoms with E-state index in [9.17, 15) is 13.2 Å². The van der Waals surface area contributed by atoms with Gasteiger partial charge in [-0.25, -0.2) is 0 Å². The number of thiophene rings is 1. The molecule has 1 aromatic carbocycles. The van der Waals surface area contributed by atoms with E-state index >= 15 is 0 Å². The van der Waals surface area contributed by atoms with Gasteiger partial charge in [-0.15, -0.1) is 11.3 Å². The van der Waals surface area contributed by atoms with Gasteiger partial charge >= 0.3 is 6.18 Å². The van der Waals surface area contributed by atoms with Gasteiger partial charge < -0.3 is 15.4 Å². The molecule has 1 saturated heterocycles. The van der Waals surface area contributed by atoms with Crippen LogP contribution in [0.2, 0.25) is 0 Å². The fraction of sp³-hybridized carbons (Fsp3) is 0.476. The van der Waals surface area contributed by atoms with E-state index in [1.54, 1.807) is 24.5 Å². The first-order valence-electron chi connectivity index (χ1n) is 9.58. The molecule has 158 valence electrons. The lowest BCUT2D eigenvalue weighted by atomic mass is 9.73. The van der Waals surface area contributed by atoms with Crippen molar-refractivity contribution in [1.29, 1.82) is 0 Å². The highest BCUT2D eigenvalue weighted by Gasteiger charge is 2.37. The molecule has 0 saturated carbocycles. The van der Waals surface area contributed by atoms with Crippen molar-refractivity contribution in [2.75, 3.05) is 26.8 Å². The Balaban J connectivity index is 1.73. The van der Waals surface area contributed by atoms with Gasteiger partial charge in [0.25, 0.3) is 0 Å². The molecule has 0 atom stereocenters.